The molecule has 16 heavy (non-hydrogen) atoms. The summed E-state index contributed by atoms with van der Waals surface area (Å²) in [6.07, 6.45) is 6.91. The van der Waals surface area contributed by atoms with Gasteiger partial charge in [-0.2, -0.15) is 11.8 Å². The van der Waals surface area contributed by atoms with Crippen molar-refractivity contribution in [3.05, 3.63) is 0 Å². The van der Waals surface area contributed by atoms with E-state index in [1.54, 1.807) is 0 Å². The van der Waals surface area contributed by atoms with Crippen LogP contribution in [0.5, 0.6) is 0 Å². The third-order valence-corrected chi connectivity index (χ3v) is 4.95. The molecular formula is C13H26N2S. The first-order valence-electron chi connectivity index (χ1n) is 6.89. The van der Waals surface area contributed by atoms with Crippen LogP contribution in [0.15, 0.2) is 0 Å². The van der Waals surface area contributed by atoms with Crippen molar-refractivity contribution >= 4 is 11.8 Å². The molecule has 0 bridgehead atoms. The normalized spacial score (nSPS) is 29.4. The summed E-state index contributed by atoms with van der Waals surface area (Å²) in [4.78, 5) is 0. The standard InChI is InChI=1S/C13H26N2S/c1-11(9-13-3-2-6-14-13)15-10-12-4-7-16-8-5-12/h11-15H,2-10H2,1H3. The van der Waals surface area contributed by atoms with Crippen molar-refractivity contribution in [1.82, 2.24) is 10.6 Å². The van der Waals surface area contributed by atoms with E-state index in [1.807, 2.05) is 0 Å². The average molecular weight is 242 g/mol. The van der Waals surface area contributed by atoms with Crippen molar-refractivity contribution < 1.29 is 0 Å². The molecule has 0 aromatic carbocycles. The quantitative estimate of drug-likeness (QED) is 0.773. The Balaban J connectivity index is 1.57. The summed E-state index contributed by atoms with van der Waals surface area (Å²) < 4.78 is 0. The summed E-state index contributed by atoms with van der Waals surface area (Å²) in [6, 6.07) is 1.47. The highest BCUT2D eigenvalue weighted by Gasteiger charge is 2.18. The van der Waals surface area contributed by atoms with E-state index >= 15 is 0 Å². The molecule has 2 N–H and O–H groups in total. The number of thioether (sulfide) groups is 1. The monoisotopic (exact) mass is 242 g/mol. The van der Waals surface area contributed by atoms with Gasteiger partial charge in [-0.25, -0.2) is 0 Å². The predicted octanol–water partition coefficient (Wildman–Crippen LogP) is 2.25. The molecule has 3 heteroatoms. The average Bonchev–Trinajstić information content (AvgIpc) is 2.81. The van der Waals surface area contributed by atoms with Crippen LogP contribution in [-0.2, 0) is 0 Å². The molecule has 0 aromatic rings. The number of nitrogens with one attached hydrogen (secondary N) is 2. The number of hydrogen-bond donors (Lipinski definition) is 2. The largest absolute Gasteiger partial charge is 0.314 e. The van der Waals surface area contributed by atoms with Crippen LogP contribution in [0.25, 0.3) is 0 Å². The van der Waals surface area contributed by atoms with Crippen LogP contribution >= 0.6 is 11.8 Å². The zero-order valence-corrected chi connectivity index (χ0v) is 11.3. The smallest absolute Gasteiger partial charge is 0.00822 e. The molecule has 2 aliphatic heterocycles. The lowest BCUT2D eigenvalue weighted by Crippen LogP contribution is -2.37. The lowest BCUT2D eigenvalue weighted by Gasteiger charge is -2.25. The molecule has 0 aromatic heterocycles. The molecular weight excluding hydrogens is 216 g/mol. The van der Waals surface area contributed by atoms with E-state index in [9.17, 15) is 0 Å². The van der Waals surface area contributed by atoms with Gasteiger partial charge in [-0.15, -0.1) is 0 Å². The minimum absolute atomic E-state index is 0.685. The van der Waals surface area contributed by atoms with Crippen molar-refractivity contribution in [3.8, 4) is 0 Å². The van der Waals surface area contributed by atoms with Crippen molar-refractivity contribution in [1.29, 1.82) is 0 Å². The molecule has 2 atom stereocenters. The molecule has 2 nitrogen and oxygen atoms in total. The number of rotatable bonds is 5. The molecule has 2 rings (SSSR count). The Hall–Kier alpha value is 0.270. The summed E-state index contributed by atoms with van der Waals surface area (Å²) in [5.41, 5.74) is 0. The first-order valence-corrected chi connectivity index (χ1v) is 8.04. The van der Waals surface area contributed by atoms with Crippen LogP contribution in [0.3, 0.4) is 0 Å². The second kappa shape index (κ2) is 6.87. The van der Waals surface area contributed by atoms with Gasteiger partial charge in [0, 0.05) is 12.1 Å². The Morgan fingerprint density at radius 3 is 2.81 bits per heavy atom. The summed E-state index contributed by atoms with van der Waals surface area (Å²) in [6.45, 7) is 4.82. The van der Waals surface area contributed by atoms with Crippen LogP contribution in [0.1, 0.15) is 39.0 Å². The van der Waals surface area contributed by atoms with Crippen LogP contribution < -0.4 is 10.6 Å². The zero-order chi connectivity index (χ0) is 11.2. The highest BCUT2D eigenvalue weighted by atomic mass is 32.2. The molecule has 2 unspecified atom stereocenters. The van der Waals surface area contributed by atoms with Crippen LogP contribution in [0, 0.1) is 5.92 Å². The molecule has 94 valence electrons. The van der Waals surface area contributed by atoms with E-state index in [0.29, 0.717) is 6.04 Å². The van der Waals surface area contributed by atoms with Crippen molar-refractivity contribution in [2.24, 2.45) is 5.92 Å². The Labute approximate surface area is 104 Å². The highest BCUT2D eigenvalue weighted by molar-refractivity contribution is 7.99. The molecule has 0 amide bonds. The lowest BCUT2D eigenvalue weighted by molar-refractivity contribution is 0.383. The summed E-state index contributed by atoms with van der Waals surface area (Å²) in [7, 11) is 0. The molecule has 2 heterocycles. The first-order chi connectivity index (χ1) is 7.84. The van der Waals surface area contributed by atoms with Crippen LogP contribution in [0.2, 0.25) is 0 Å². The Bertz CT molecular complexity index is 186. The third kappa shape index (κ3) is 4.27. The lowest BCUT2D eigenvalue weighted by atomic mass is 10.0. The van der Waals surface area contributed by atoms with E-state index in [0.717, 1.165) is 12.0 Å². The topological polar surface area (TPSA) is 24.1 Å². The maximum atomic E-state index is 3.73. The van der Waals surface area contributed by atoms with Gasteiger partial charge in [-0.1, -0.05) is 0 Å². The van der Waals surface area contributed by atoms with Gasteiger partial charge in [0.05, 0.1) is 0 Å². The fourth-order valence-electron chi connectivity index (χ4n) is 2.79. The number of hydrogen-bond acceptors (Lipinski definition) is 3. The molecule has 2 fully saturated rings. The van der Waals surface area contributed by atoms with Crippen LogP contribution in [-0.4, -0.2) is 36.7 Å². The van der Waals surface area contributed by atoms with Gasteiger partial charge in [0.2, 0.25) is 0 Å². The van der Waals surface area contributed by atoms with E-state index < -0.39 is 0 Å². The predicted molar refractivity (Wildman–Crippen MR) is 73.2 cm³/mol. The highest BCUT2D eigenvalue weighted by Crippen LogP contribution is 2.22. The molecule has 0 saturated carbocycles. The Morgan fingerprint density at radius 1 is 1.31 bits per heavy atom. The maximum Gasteiger partial charge on any atom is 0.00822 e. The molecule has 0 spiro atoms. The molecule has 2 aliphatic rings. The Morgan fingerprint density at radius 2 is 2.12 bits per heavy atom. The molecule has 2 saturated heterocycles. The third-order valence-electron chi connectivity index (χ3n) is 3.90. The van der Waals surface area contributed by atoms with Gasteiger partial charge >= 0.3 is 0 Å². The second-order valence-electron chi connectivity index (χ2n) is 5.39. The molecule has 0 aliphatic carbocycles. The fourth-order valence-corrected chi connectivity index (χ4v) is 3.99. The van der Waals surface area contributed by atoms with Crippen molar-refractivity contribution in [3.63, 3.8) is 0 Å². The van der Waals surface area contributed by atoms with E-state index in [2.05, 4.69) is 29.3 Å². The summed E-state index contributed by atoms with van der Waals surface area (Å²) in [5.74, 6) is 3.70. The van der Waals surface area contributed by atoms with Gasteiger partial charge in [0.15, 0.2) is 0 Å². The summed E-state index contributed by atoms with van der Waals surface area (Å²) >= 11 is 2.12. The zero-order valence-electron chi connectivity index (χ0n) is 10.5. The maximum absolute atomic E-state index is 3.73. The summed E-state index contributed by atoms with van der Waals surface area (Å²) in [5, 5.41) is 7.31. The van der Waals surface area contributed by atoms with Gasteiger partial charge < -0.3 is 10.6 Å². The van der Waals surface area contributed by atoms with Gasteiger partial charge in [-0.3, -0.25) is 0 Å². The van der Waals surface area contributed by atoms with E-state index in [-0.39, 0.29) is 0 Å². The fraction of sp³-hybridized carbons (Fsp3) is 1.00. The van der Waals surface area contributed by atoms with Gasteiger partial charge in [0.1, 0.15) is 0 Å². The molecule has 0 radical (unpaired) electrons. The van der Waals surface area contributed by atoms with Crippen LogP contribution in [0.4, 0.5) is 0 Å². The van der Waals surface area contributed by atoms with E-state index in [1.165, 1.54) is 56.7 Å². The first kappa shape index (κ1) is 12.7. The van der Waals surface area contributed by atoms with Gasteiger partial charge in [0.25, 0.3) is 0 Å². The van der Waals surface area contributed by atoms with Crippen molar-refractivity contribution in [2.45, 2.75) is 51.1 Å². The van der Waals surface area contributed by atoms with E-state index in [4.69, 9.17) is 0 Å². The van der Waals surface area contributed by atoms with Crippen molar-refractivity contribution in [2.75, 3.05) is 24.6 Å². The van der Waals surface area contributed by atoms with Gasteiger partial charge in [-0.05, 0) is 69.5 Å². The Kier molecular flexibility index (Phi) is 5.46. The SMILES string of the molecule is CC(CC1CCCN1)NCC1CCSCC1. The second-order valence-corrected chi connectivity index (χ2v) is 6.62. The minimum Gasteiger partial charge on any atom is -0.314 e. The minimum atomic E-state index is 0.685.